The van der Waals surface area contributed by atoms with Gasteiger partial charge >= 0.3 is 0 Å². The van der Waals surface area contributed by atoms with Crippen LogP contribution >= 0.6 is 0 Å². The van der Waals surface area contributed by atoms with Gasteiger partial charge in [0.15, 0.2) is 0 Å². The SMILES string of the molecule is Cc1cccc(C)c1NC(=O)C(NC(=O)C1=CC(C)(C)NC1(C)C)c1ccccc1. The third-order valence-corrected chi connectivity index (χ3v) is 5.46. The fourth-order valence-corrected chi connectivity index (χ4v) is 4.16. The third-order valence-electron chi connectivity index (χ3n) is 5.46. The van der Waals surface area contributed by atoms with Crippen LogP contribution in [0.25, 0.3) is 0 Å². The van der Waals surface area contributed by atoms with Gasteiger partial charge in [-0.2, -0.15) is 0 Å². The Bertz CT molecular complexity index is 970. The summed E-state index contributed by atoms with van der Waals surface area (Å²) in [6, 6.07) is 14.4. The lowest BCUT2D eigenvalue weighted by Gasteiger charge is -2.28. The third kappa shape index (κ3) is 4.62. The van der Waals surface area contributed by atoms with Crippen LogP contribution in [0.1, 0.15) is 50.4 Å². The maximum atomic E-state index is 13.3. The van der Waals surface area contributed by atoms with E-state index < -0.39 is 11.6 Å². The molecule has 158 valence electrons. The highest BCUT2D eigenvalue weighted by atomic mass is 16.2. The summed E-state index contributed by atoms with van der Waals surface area (Å²) in [7, 11) is 0. The molecule has 0 bridgehead atoms. The molecule has 3 rings (SSSR count). The zero-order chi connectivity index (χ0) is 22.1. The molecule has 2 amide bonds. The summed E-state index contributed by atoms with van der Waals surface area (Å²) in [5.74, 6) is -0.515. The molecule has 2 aromatic carbocycles. The minimum absolute atomic E-state index is 0.247. The highest BCUT2D eigenvalue weighted by molar-refractivity contribution is 6.03. The van der Waals surface area contributed by atoms with Crippen molar-refractivity contribution in [3.63, 3.8) is 0 Å². The van der Waals surface area contributed by atoms with E-state index in [0.717, 1.165) is 22.4 Å². The first-order valence-electron chi connectivity index (χ1n) is 10.3. The van der Waals surface area contributed by atoms with Gasteiger partial charge in [-0.25, -0.2) is 0 Å². The molecule has 0 saturated carbocycles. The van der Waals surface area contributed by atoms with Crippen molar-refractivity contribution >= 4 is 17.5 Å². The van der Waals surface area contributed by atoms with Gasteiger partial charge in [-0.05, 0) is 58.2 Å². The minimum Gasteiger partial charge on any atom is -0.337 e. The van der Waals surface area contributed by atoms with Crippen LogP contribution < -0.4 is 16.0 Å². The lowest BCUT2D eigenvalue weighted by atomic mass is 9.95. The Morgan fingerprint density at radius 2 is 1.50 bits per heavy atom. The molecule has 0 fully saturated rings. The zero-order valence-electron chi connectivity index (χ0n) is 18.6. The predicted molar refractivity (Wildman–Crippen MR) is 121 cm³/mol. The molecule has 1 aliphatic rings. The van der Waals surface area contributed by atoms with Crippen molar-refractivity contribution in [3.05, 3.63) is 76.9 Å². The fraction of sp³-hybridized carbons (Fsp3) is 0.360. The zero-order valence-corrected chi connectivity index (χ0v) is 18.6. The Balaban J connectivity index is 1.91. The Hall–Kier alpha value is -2.92. The molecule has 3 N–H and O–H groups in total. The van der Waals surface area contributed by atoms with Crippen molar-refractivity contribution < 1.29 is 9.59 Å². The highest BCUT2D eigenvalue weighted by Crippen LogP contribution is 2.30. The lowest BCUT2D eigenvalue weighted by Crippen LogP contribution is -2.48. The molecule has 1 unspecified atom stereocenters. The summed E-state index contributed by atoms with van der Waals surface area (Å²) in [5.41, 5.74) is 3.32. The van der Waals surface area contributed by atoms with Crippen molar-refractivity contribution in [3.8, 4) is 0 Å². The topological polar surface area (TPSA) is 70.2 Å². The van der Waals surface area contributed by atoms with Crippen LogP contribution in [0.4, 0.5) is 5.69 Å². The number of carbonyl (C=O) groups excluding carboxylic acids is 2. The summed E-state index contributed by atoms with van der Waals surface area (Å²) >= 11 is 0. The van der Waals surface area contributed by atoms with Crippen molar-refractivity contribution in [1.29, 1.82) is 0 Å². The standard InChI is InChI=1S/C25H31N3O2/c1-16-11-10-12-17(2)20(16)26-23(30)21(18-13-8-7-9-14-18)27-22(29)19-15-24(3,4)28-25(19,5)6/h7-15,21,28H,1-6H3,(H,26,30)(H,27,29). The molecule has 2 aromatic rings. The second-order valence-corrected chi connectivity index (χ2v) is 9.10. The largest absolute Gasteiger partial charge is 0.337 e. The maximum absolute atomic E-state index is 13.3. The van der Waals surface area contributed by atoms with Crippen molar-refractivity contribution in [2.45, 2.75) is 58.7 Å². The number of carbonyl (C=O) groups is 2. The van der Waals surface area contributed by atoms with Crippen molar-refractivity contribution in [1.82, 2.24) is 10.6 Å². The van der Waals surface area contributed by atoms with Gasteiger partial charge in [0.25, 0.3) is 5.91 Å². The van der Waals surface area contributed by atoms with E-state index in [2.05, 4.69) is 16.0 Å². The second kappa shape index (κ2) is 8.07. The first-order chi connectivity index (χ1) is 14.0. The predicted octanol–water partition coefficient (Wildman–Crippen LogP) is 4.19. The van der Waals surface area contributed by atoms with Crippen LogP contribution in [0.2, 0.25) is 0 Å². The lowest BCUT2D eigenvalue weighted by molar-refractivity contribution is -0.124. The quantitative estimate of drug-likeness (QED) is 0.699. The summed E-state index contributed by atoms with van der Waals surface area (Å²) in [6.45, 7) is 11.9. The molecule has 0 aromatic heterocycles. The fourth-order valence-electron chi connectivity index (χ4n) is 4.16. The van der Waals surface area contributed by atoms with Gasteiger partial charge in [0, 0.05) is 22.3 Å². The molecular weight excluding hydrogens is 374 g/mol. The average molecular weight is 406 g/mol. The number of hydrogen-bond acceptors (Lipinski definition) is 3. The molecule has 1 atom stereocenters. The number of nitrogens with one attached hydrogen (secondary N) is 3. The minimum atomic E-state index is -0.807. The summed E-state index contributed by atoms with van der Waals surface area (Å²) in [5, 5.41) is 9.43. The van der Waals surface area contributed by atoms with Crippen LogP contribution in [-0.4, -0.2) is 22.9 Å². The second-order valence-electron chi connectivity index (χ2n) is 9.10. The normalized spacial score (nSPS) is 17.7. The molecule has 0 radical (unpaired) electrons. The van der Waals surface area contributed by atoms with E-state index >= 15 is 0 Å². The van der Waals surface area contributed by atoms with E-state index in [1.807, 2.05) is 96.1 Å². The number of rotatable bonds is 5. The smallest absolute Gasteiger partial charge is 0.251 e. The van der Waals surface area contributed by atoms with E-state index in [4.69, 9.17) is 0 Å². The Kier molecular flexibility index (Phi) is 5.86. The number of benzene rings is 2. The first kappa shape index (κ1) is 21.8. The average Bonchev–Trinajstić information content (AvgIpc) is 2.90. The highest BCUT2D eigenvalue weighted by Gasteiger charge is 2.41. The van der Waals surface area contributed by atoms with E-state index in [-0.39, 0.29) is 17.4 Å². The van der Waals surface area contributed by atoms with Crippen molar-refractivity contribution in [2.24, 2.45) is 0 Å². The molecular formula is C25H31N3O2. The first-order valence-corrected chi connectivity index (χ1v) is 10.3. The molecule has 30 heavy (non-hydrogen) atoms. The van der Waals surface area contributed by atoms with Crippen LogP contribution in [0.5, 0.6) is 0 Å². The van der Waals surface area contributed by atoms with Crippen molar-refractivity contribution in [2.75, 3.05) is 5.32 Å². The number of hydrogen-bond donors (Lipinski definition) is 3. The molecule has 0 aliphatic carbocycles. The molecule has 0 spiro atoms. The van der Waals surface area contributed by atoms with E-state index in [9.17, 15) is 9.59 Å². The van der Waals surface area contributed by atoms with Gasteiger partial charge in [0.05, 0.1) is 0 Å². The van der Waals surface area contributed by atoms with Crippen LogP contribution in [-0.2, 0) is 9.59 Å². The van der Waals surface area contributed by atoms with E-state index in [1.54, 1.807) is 0 Å². The van der Waals surface area contributed by atoms with Crippen LogP contribution in [0, 0.1) is 13.8 Å². The van der Waals surface area contributed by atoms with Gasteiger partial charge in [-0.3, -0.25) is 14.9 Å². The van der Waals surface area contributed by atoms with E-state index in [0.29, 0.717) is 5.57 Å². The van der Waals surface area contributed by atoms with Crippen LogP contribution in [0.15, 0.2) is 60.2 Å². The molecule has 1 aliphatic heterocycles. The molecule has 1 heterocycles. The van der Waals surface area contributed by atoms with Gasteiger partial charge in [-0.1, -0.05) is 54.6 Å². The summed E-state index contributed by atoms with van der Waals surface area (Å²) in [4.78, 5) is 26.5. The monoisotopic (exact) mass is 405 g/mol. The van der Waals surface area contributed by atoms with Gasteiger partial charge in [0.1, 0.15) is 6.04 Å². The number of aryl methyl sites for hydroxylation is 2. The van der Waals surface area contributed by atoms with Gasteiger partial charge < -0.3 is 10.6 Å². The Morgan fingerprint density at radius 1 is 0.900 bits per heavy atom. The molecule has 5 nitrogen and oxygen atoms in total. The number of para-hydroxylation sites is 1. The van der Waals surface area contributed by atoms with E-state index in [1.165, 1.54) is 0 Å². The van der Waals surface area contributed by atoms with Gasteiger partial charge in [-0.15, -0.1) is 0 Å². The number of anilines is 1. The van der Waals surface area contributed by atoms with Crippen LogP contribution in [0.3, 0.4) is 0 Å². The Labute approximate surface area is 179 Å². The van der Waals surface area contributed by atoms with Gasteiger partial charge in [0.2, 0.25) is 5.91 Å². The molecule has 0 saturated heterocycles. The summed E-state index contributed by atoms with van der Waals surface area (Å²) < 4.78 is 0. The number of amides is 2. The Morgan fingerprint density at radius 3 is 2.03 bits per heavy atom. The molecule has 5 heteroatoms. The maximum Gasteiger partial charge on any atom is 0.251 e. The summed E-state index contributed by atoms with van der Waals surface area (Å²) in [6.07, 6.45) is 1.94.